The van der Waals surface area contributed by atoms with Crippen LogP contribution >= 0.6 is 47.8 Å². The summed E-state index contributed by atoms with van der Waals surface area (Å²) in [4.78, 5) is 0.353. The van der Waals surface area contributed by atoms with Crippen LogP contribution in [0, 0.1) is 6.92 Å². The number of sulfonamides is 1. The summed E-state index contributed by atoms with van der Waals surface area (Å²) < 4.78 is 29.0. The quantitative estimate of drug-likeness (QED) is 0.539. The van der Waals surface area contributed by atoms with Gasteiger partial charge in [-0.3, -0.25) is 0 Å². The van der Waals surface area contributed by atoms with E-state index in [2.05, 4.69) is 47.8 Å². The average Bonchev–Trinajstić information content (AvgIpc) is 2.89. The molecule has 118 valence electrons. The molecule has 0 aliphatic carbocycles. The molecule has 1 atom stereocenters. The summed E-state index contributed by atoms with van der Waals surface area (Å²) >= 11 is 10.3. The van der Waals surface area contributed by atoms with E-state index < -0.39 is 10.0 Å². The topological polar surface area (TPSA) is 37.4 Å². The van der Waals surface area contributed by atoms with E-state index in [0.717, 1.165) is 41.0 Å². The predicted octanol–water partition coefficient (Wildman–Crippen LogP) is 4.85. The molecule has 0 saturated carbocycles. The number of hydrogen-bond acceptors (Lipinski definition) is 2. The highest BCUT2D eigenvalue weighted by Crippen LogP contribution is 2.34. The molecule has 1 aliphatic rings. The van der Waals surface area contributed by atoms with Crippen molar-refractivity contribution >= 4 is 57.8 Å². The third-order valence-corrected chi connectivity index (χ3v) is 8.12. The molecular weight excluding hydrogens is 486 g/mol. The van der Waals surface area contributed by atoms with Crippen molar-refractivity contribution in [3.63, 3.8) is 0 Å². The molecule has 0 spiro atoms. The maximum atomic E-state index is 13.0. The first-order valence-electron chi connectivity index (χ1n) is 6.91. The first-order chi connectivity index (χ1) is 9.87. The van der Waals surface area contributed by atoms with E-state index in [9.17, 15) is 8.42 Å². The Balaban J connectivity index is 2.35. The average molecular weight is 504 g/mol. The van der Waals surface area contributed by atoms with Crippen LogP contribution in [-0.2, 0) is 10.0 Å². The number of nitrogens with zero attached hydrogens (tertiary/aromatic N) is 1. The molecule has 7 heteroatoms. The minimum absolute atomic E-state index is 0.125. The summed E-state index contributed by atoms with van der Waals surface area (Å²) in [6, 6.07) is 3.68. The Labute approximate surface area is 151 Å². The van der Waals surface area contributed by atoms with Gasteiger partial charge >= 0.3 is 0 Å². The van der Waals surface area contributed by atoms with Crippen LogP contribution in [0.25, 0.3) is 0 Å². The molecule has 2 rings (SSSR count). The highest BCUT2D eigenvalue weighted by Gasteiger charge is 2.36. The minimum atomic E-state index is -3.45. The summed E-state index contributed by atoms with van der Waals surface area (Å²) in [6.07, 6.45) is 3.80. The number of halogens is 3. The van der Waals surface area contributed by atoms with Crippen molar-refractivity contribution in [2.75, 3.05) is 11.9 Å². The van der Waals surface area contributed by atoms with Gasteiger partial charge in [0.05, 0.1) is 4.90 Å². The van der Waals surface area contributed by atoms with Gasteiger partial charge < -0.3 is 0 Å². The minimum Gasteiger partial charge on any atom is -0.207 e. The lowest BCUT2D eigenvalue weighted by Crippen LogP contribution is -2.35. The van der Waals surface area contributed by atoms with Gasteiger partial charge in [-0.1, -0.05) is 31.9 Å². The number of benzene rings is 1. The van der Waals surface area contributed by atoms with Gasteiger partial charge in [-0.2, -0.15) is 4.31 Å². The van der Waals surface area contributed by atoms with E-state index in [1.807, 2.05) is 13.0 Å². The lowest BCUT2D eigenvalue weighted by molar-refractivity contribution is 0.369. The van der Waals surface area contributed by atoms with Crippen molar-refractivity contribution in [3.8, 4) is 0 Å². The van der Waals surface area contributed by atoms with E-state index in [-0.39, 0.29) is 6.04 Å². The van der Waals surface area contributed by atoms with Crippen LogP contribution in [0.1, 0.15) is 31.2 Å². The number of alkyl halides is 1. The van der Waals surface area contributed by atoms with Crippen molar-refractivity contribution in [2.45, 2.75) is 43.5 Å². The normalized spacial score (nSPS) is 20.1. The first-order valence-corrected chi connectivity index (χ1v) is 11.1. The number of aryl methyl sites for hydroxylation is 1. The largest absolute Gasteiger partial charge is 0.244 e. The van der Waals surface area contributed by atoms with Gasteiger partial charge in [0, 0.05) is 26.9 Å². The molecule has 1 aliphatic heterocycles. The molecule has 1 unspecified atom stereocenters. The third-order valence-electron chi connectivity index (χ3n) is 3.79. The molecule has 0 bridgehead atoms. The predicted molar refractivity (Wildman–Crippen MR) is 96.5 cm³/mol. The summed E-state index contributed by atoms with van der Waals surface area (Å²) in [5.74, 6) is 0. The van der Waals surface area contributed by atoms with Gasteiger partial charge in [0.25, 0.3) is 0 Å². The highest BCUT2D eigenvalue weighted by atomic mass is 79.9. The van der Waals surface area contributed by atoms with Crippen molar-refractivity contribution < 1.29 is 8.42 Å². The Kier molecular flexibility index (Phi) is 6.34. The van der Waals surface area contributed by atoms with Crippen LogP contribution in [0.15, 0.2) is 26.0 Å². The highest BCUT2D eigenvalue weighted by molar-refractivity contribution is 9.11. The molecule has 1 aromatic rings. The smallest absolute Gasteiger partial charge is 0.207 e. The Bertz CT molecular complexity index is 619. The zero-order valence-corrected chi connectivity index (χ0v) is 17.4. The molecule has 1 aromatic carbocycles. The molecular formula is C14H18Br3NO2S. The van der Waals surface area contributed by atoms with Crippen LogP contribution < -0.4 is 0 Å². The van der Waals surface area contributed by atoms with Crippen molar-refractivity contribution in [3.05, 3.63) is 26.6 Å². The van der Waals surface area contributed by atoms with Gasteiger partial charge in [0.2, 0.25) is 10.0 Å². The SMILES string of the molecule is Cc1cc(Br)c(S(=O)(=O)N2CCCC2CCCBr)cc1Br. The van der Waals surface area contributed by atoms with Crippen LogP contribution in [0.5, 0.6) is 0 Å². The van der Waals surface area contributed by atoms with Crippen molar-refractivity contribution in [1.82, 2.24) is 4.31 Å². The van der Waals surface area contributed by atoms with Gasteiger partial charge in [0.1, 0.15) is 0 Å². The monoisotopic (exact) mass is 501 g/mol. The van der Waals surface area contributed by atoms with Gasteiger partial charge in [0.15, 0.2) is 0 Å². The molecule has 0 amide bonds. The number of hydrogen-bond donors (Lipinski definition) is 0. The molecule has 1 saturated heterocycles. The zero-order valence-electron chi connectivity index (χ0n) is 11.8. The van der Waals surface area contributed by atoms with Crippen molar-refractivity contribution in [1.29, 1.82) is 0 Å². The zero-order chi connectivity index (χ0) is 15.6. The Morgan fingerprint density at radius 1 is 1.29 bits per heavy atom. The Morgan fingerprint density at radius 2 is 2.00 bits per heavy atom. The molecule has 1 fully saturated rings. The van der Waals surface area contributed by atoms with E-state index in [0.29, 0.717) is 15.9 Å². The standard InChI is InChI=1S/C14H18Br3NO2S/c1-10-8-13(17)14(9-12(10)16)21(19,20)18-7-3-5-11(18)4-2-6-15/h8-9,11H,2-7H2,1H3. The van der Waals surface area contributed by atoms with Crippen molar-refractivity contribution in [2.24, 2.45) is 0 Å². The lowest BCUT2D eigenvalue weighted by atomic mass is 10.1. The fourth-order valence-corrected chi connectivity index (χ4v) is 6.37. The maximum absolute atomic E-state index is 13.0. The van der Waals surface area contributed by atoms with Crippen LogP contribution in [-0.4, -0.2) is 30.6 Å². The summed E-state index contributed by atoms with van der Waals surface area (Å²) in [7, 11) is -3.45. The Hall–Kier alpha value is 0.570. The van der Waals surface area contributed by atoms with E-state index in [4.69, 9.17) is 0 Å². The number of rotatable bonds is 5. The van der Waals surface area contributed by atoms with E-state index in [1.54, 1.807) is 10.4 Å². The fraction of sp³-hybridized carbons (Fsp3) is 0.571. The summed E-state index contributed by atoms with van der Waals surface area (Å²) in [5.41, 5.74) is 1.01. The second-order valence-electron chi connectivity index (χ2n) is 5.27. The second-order valence-corrected chi connectivity index (χ2v) is 9.64. The lowest BCUT2D eigenvalue weighted by Gasteiger charge is -2.24. The van der Waals surface area contributed by atoms with Crippen LogP contribution in [0.2, 0.25) is 0 Å². The van der Waals surface area contributed by atoms with Crippen LogP contribution in [0.4, 0.5) is 0 Å². The molecule has 21 heavy (non-hydrogen) atoms. The molecule has 0 radical (unpaired) electrons. The molecule has 3 nitrogen and oxygen atoms in total. The molecule has 0 aromatic heterocycles. The third kappa shape index (κ3) is 3.91. The van der Waals surface area contributed by atoms with Gasteiger partial charge in [-0.25, -0.2) is 8.42 Å². The Morgan fingerprint density at radius 3 is 2.67 bits per heavy atom. The summed E-state index contributed by atoms with van der Waals surface area (Å²) in [6.45, 7) is 2.56. The first kappa shape index (κ1) is 17.9. The molecule has 0 N–H and O–H groups in total. The maximum Gasteiger partial charge on any atom is 0.244 e. The van der Waals surface area contributed by atoms with Gasteiger partial charge in [-0.15, -0.1) is 0 Å². The fourth-order valence-electron chi connectivity index (χ4n) is 2.68. The van der Waals surface area contributed by atoms with Gasteiger partial charge in [-0.05, 0) is 66.2 Å². The summed E-state index contributed by atoms with van der Waals surface area (Å²) in [5, 5.41) is 0.914. The van der Waals surface area contributed by atoms with Crippen LogP contribution in [0.3, 0.4) is 0 Å². The van der Waals surface area contributed by atoms with E-state index >= 15 is 0 Å². The second kappa shape index (κ2) is 7.43. The molecule has 1 heterocycles. The van der Waals surface area contributed by atoms with E-state index in [1.165, 1.54) is 0 Å².